The fraction of sp³-hybridized carbons (Fsp3) is 0.435. The summed E-state index contributed by atoms with van der Waals surface area (Å²) in [5.74, 6) is 0.466. The number of anilines is 1. The van der Waals surface area contributed by atoms with Crippen molar-refractivity contribution in [2.24, 2.45) is 0 Å². The highest BCUT2D eigenvalue weighted by Crippen LogP contribution is 2.30. The Morgan fingerprint density at radius 1 is 1.30 bits per heavy atom. The molecular formula is C23H27ClN4O3S2. The van der Waals surface area contributed by atoms with Crippen LogP contribution in [0.3, 0.4) is 0 Å². The molecule has 0 aromatic carbocycles. The second-order valence-corrected chi connectivity index (χ2v) is 11.6. The molecular weight excluding hydrogens is 480 g/mol. The first-order valence-electron chi connectivity index (χ1n) is 10.8. The van der Waals surface area contributed by atoms with Gasteiger partial charge in [0.25, 0.3) is 5.91 Å². The Balaban J connectivity index is 1.56. The van der Waals surface area contributed by atoms with Gasteiger partial charge >= 0.3 is 6.09 Å². The largest absolute Gasteiger partial charge is 0.444 e. The molecule has 0 bridgehead atoms. The summed E-state index contributed by atoms with van der Waals surface area (Å²) in [6.45, 7) is 7.30. The van der Waals surface area contributed by atoms with Crippen molar-refractivity contribution in [2.45, 2.75) is 51.7 Å². The molecule has 33 heavy (non-hydrogen) atoms. The van der Waals surface area contributed by atoms with Crippen LogP contribution in [0, 0.1) is 0 Å². The van der Waals surface area contributed by atoms with Crippen LogP contribution < -0.4 is 5.32 Å². The maximum atomic E-state index is 13.1. The van der Waals surface area contributed by atoms with Crippen LogP contribution >= 0.6 is 34.3 Å². The van der Waals surface area contributed by atoms with Gasteiger partial charge < -0.3 is 15.0 Å². The Bertz CT molecular complexity index is 1120. The summed E-state index contributed by atoms with van der Waals surface area (Å²) < 4.78 is 7.71. The van der Waals surface area contributed by atoms with Crippen LogP contribution in [0.5, 0.6) is 0 Å². The van der Waals surface area contributed by atoms with Gasteiger partial charge in [-0.2, -0.15) is 21.1 Å². The van der Waals surface area contributed by atoms with E-state index in [9.17, 15) is 9.59 Å². The number of likely N-dealkylation sites (tertiary alicyclic amines) is 1. The number of nitrogens with zero attached hydrogens (tertiary/aromatic N) is 3. The molecule has 1 aliphatic rings. The lowest BCUT2D eigenvalue weighted by Crippen LogP contribution is -2.42. The normalized spacial score (nSPS) is 16.6. The molecule has 7 nitrogen and oxygen atoms in total. The SMILES string of the molecule is CC(C)(C)OC(=O)N1CCCC(c2cc(NCc3ccc(Cl)s3)n(C(=O)c3ccsc3)n2)C1. The highest BCUT2D eigenvalue weighted by molar-refractivity contribution is 7.16. The van der Waals surface area contributed by atoms with E-state index in [4.69, 9.17) is 16.3 Å². The zero-order valence-electron chi connectivity index (χ0n) is 18.8. The van der Waals surface area contributed by atoms with E-state index in [1.807, 2.05) is 49.7 Å². The van der Waals surface area contributed by atoms with Gasteiger partial charge in [0, 0.05) is 35.3 Å². The maximum Gasteiger partial charge on any atom is 0.410 e. The Hall–Kier alpha value is -2.36. The molecule has 0 saturated carbocycles. The van der Waals surface area contributed by atoms with Gasteiger partial charge in [-0.3, -0.25) is 4.79 Å². The molecule has 1 aliphatic heterocycles. The Morgan fingerprint density at radius 2 is 2.12 bits per heavy atom. The van der Waals surface area contributed by atoms with Gasteiger partial charge in [0.05, 0.1) is 22.1 Å². The van der Waals surface area contributed by atoms with E-state index in [1.54, 1.807) is 11.0 Å². The molecule has 4 rings (SSSR count). The predicted octanol–water partition coefficient (Wildman–Crippen LogP) is 6.07. The number of ether oxygens (including phenoxy) is 1. The molecule has 4 heterocycles. The zero-order valence-corrected chi connectivity index (χ0v) is 21.2. The third kappa shape index (κ3) is 5.96. The quantitative estimate of drug-likeness (QED) is 0.454. The van der Waals surface area contributed by atoms with Crippen LogP contribution in [0.15, 0.2) is 35.0 Å². The van der Waals surface area contributed by atoms with Crippen molar-refractivity contribution in [3.05, 3.63) is 55.5 Å². The van der Waals surface area contributed by atoms with Gasteiger partial charge in [0.2, 0.25) is 0 Å². The summed E-state index contributed by atoms with van der Waals surface area (Å²) in [7, 11) is 0. The number of amides is 1. The molecule has 0 spiro atoms. The molecule has 0 radical (unpaired) electrons. The van der Waals surface area contributed by atoms with E-state index in [0.29, 0.717) is 31.0 Å². The molecule has 1 fully saturated rings. The minimum atomic E-state index is -0.541. The van der Waals surface area contributed by atoms with E-state index < -0.39 is 5.60 Å². The van der Waals surface area contributed by atoms with E-state index >= 15 is 0 Å². The number of thiophene rings is 2. The lowest BCUT2D eigenvalue weighted by Gasteiger charge is -2.33. The van der Waals surface area contributed by atoms with Crippen LogP contribution in [0.4, 0.5) is 10.6 Å². The molecule has 1 atom stereocenters. The van der Waals surface area contributed by atoms with Crippen LogP contribution in [0.1, 0.15) is 60.5 Å². The maximum absolute atomic E-state index is 13.1. The van der Waals surface area contributed by atoms with Crippen molar-refractivity contribution in [2.75, 3.05) is 18.4 Å². The van der Waals surface area contributed by atoms with Crippen molar-refractivity contribution < 1.29 is 14.3 Å². The van der Waals surface area contributed by atoms with Crippen LogP contribution in [0.25, 0.3) is 0 Å². The van der Waals surface area contributed by atoms with Crippen molar-refractivity contribution in [1.29, 1.82) is 0 Å². The summed E-state index contributed by atoms with van der Waals surface area (Å²) in [4.78, 5) is 28.5. The monoisotopic (exact) mass is 506 g/mol. The summed E-state index contributed by atoms with van der Waals surface area (Å²) >= 11 is 9.02. The first-order valence-corrected chi connectivity index (χ1v) is 13.0. The summed E-state index contributed by atoms with van der Waals surface area (Å²) in [6, 6.07) is 7.53. The fourth-order valence-electron chi connectivity index (χ4n) is 3.72. The van der Waals surface area contributed by atoms with E-state index in [0.717, 1.165) is 27.7 Å². The second kappa shape index (κ2) is 9.87. The van der Waals surface area contributed by atoms with E-state index in [2.05, 4.69) is 10.4 Å². The third-order valence-electron chi connectivity index (χ3n) is 5.25. The Kier molecular flexibility index (Phi) is 7.11. The van der Waals surface area contributed by atoms with Gasteiger partial charge in [-0.1, -0.05) is 11.6 Å². The summed E-state index contributed by atoms with van der Waals surface area (Å²) in [5.41, 5.74) is 0.842. The highest BCUT2D eigenvalue weighted by atomic mass is 35.5. The van der Waals surface area contributed by atoms with Gasteiger partial charge in [-0.25, -0.2) is 4.79 Å². The van der Waals surface area contributed by atoms with Gasteiger partial charge in [-0.15, -0.1) is 11.3 Å². The third-order valence-corrected chi connectivity index (χ3v) is 7.17. The summed E-state index contributed by atoms with van der Waals surface area (Å²) in [6.07, 6.45) is 1.43. The molecule has 1 saturated heterocycles. The predicted molar refractivity (Wildman–Crippen MR) is 133 cm³/mol. The minimum absolute atomic E-state index is 0.0273. The molecule has 3 aromatic heterocycles. The smallest absolute Gasteiger partial charge is 0.410 e. The number of aromatic nitrogens is 2. The zero-order chi connectivity index (χ0) is 23.6. The van der Waals surface area contributed by atoms with E-state index in [1.165, 1.54) is 27.4 Å². The lowest BCUT2D eigenvalue weighted by molar-refractivity contribution is 0.0196. The number of nitrogens with one attached hydrogen (secondary N) is 1. The number of halogens is 1. The highest BCUT2D eigenvalue weighted by Gasteiger charge is 2.30. The number of hydrogen-bond acceptors (Lipinski definition) is 7. The number of carbonyl (C=O) groups excluding carboxylic acids is 2. The molecule has 0 aliphatic carbocycles. The number of piperidine rings is 1. The minimum Gasteiger partial charge on any atom is -0.444 e. The first-order chi connectivity index (χ1) is 15.7. The number of carbonyl (C=O) groups is 2. The lowest BCUT2D eigenvalue weighted by atomic mass is 9.95. The van der Waals surface area contributed by atoms with Crippen LogP contribution in [-0.2, 0) is 11.3 Å². The standard InChI is InChI=1S/C23H27ClN4O3S2/c1-23(2,3)31-22(30)27-9-4-5-15(13-27)18-11-20(25-12-17-6-7-19(24)33-17)28(26-18)21(29)16-8-10-32-14-16/h6-8,10-11,14-15,25H,4-5,9,12-13H2,1-3H3. The fourth-order valence-corrected chi connectivity index (χ4v) is 5.38. The van der Waals surface area contributed by atoms with Gasteiger partial charge in [-0.05, 0) is 57.2 Å². The van der Waals surface area contributed by atoms with Crippen LogP contribution in [-0.4, -0.2) is 45.4 Å². The first kappa shape index (κ1) is 23.8. The van der Waals surface area contributed by atoms with E-state index in [-0.39, 0.29) is 17.9 Å². The van der Waals surface area contributed by atoms with Crippen molar-refractivity contribution in [3.8, 4) is 0 Å². The molecule has 10 heteroatoms. The second-order valence-electron chi connectivity index (χ2n) is 9.01. The number of rotatable bonds is 5. The Labute approximate surface area is 206 Å². The molecule has 176 valence electrons. The molecule has 1 amide bonds. The van der Waals surface area contributed by atoms with Crippen molar-refractivity contribution >= 4 is 52.1 Å². The van der Waals surface area contributed by atoms with Gasteiger partial charge in [0.15, 0.2) is 0 Å². The summed E-state index contributed by atoms with van der Waals surface area (Å²) in [5, 5.41) is 11.7. The molecule has 1 N–H and O–H groups in total. The Morgan fingerprint density at radius 3 is 2.79 bits per heavy atom. The van der Waals surface area contributed by atoms with Crippen molar-refractivity contribution in [3.63, 3.8) is 0 Å². The molecule has 3 aromatic rings. The average Bonchev–Trinajstić information content (AvgIpc) is 3.51. The number of hydrogen-bond donors (Lipinski definition) is 1. The van der Waals surface area contributed by atoms with Crippen LogP contribution in [0.2, 0.25) is 4.34 Å². The molecule has 1 unspecified atom stereocenters. The topological polar surface area (TPSA) is 76.5 Å². The average molecular weight is 507 g/mol. The van der Waals surface area contributed by atoms with Crippen molar-refractivity contribution in [1.82, 2.24) is 14.7 Å². The van der Waals surface area contributed by atoms with Gasteiger partial charge in [0.1, 0.15) is 11.4 Å².